The van der Waals surface area contributed by atoms with Crippen molar-refractivity contribution in [3.8, 4) is 5.75 Å². The summed E-state index contributed by atoms with van der Waals surface area (Å²) in [5.41, 5.74) is 1.74. The Balaban J connectivity index is 1.60. The van der Waals surface area contributed by atoms with Crippen molar-refractivity contribution in [2.75, 3.05) is 6.61 Å². The van der Waals surface area contributed by atoms with Gasteiger partial charge >= 0.3 is 0 Å². The van der Waals surface area contributed by atoms with Gasteiger partial charge < -0.3 is 10.1 Å². The molecule has 0 bridgehead atoms. The van der Waals surface area contributed by atoms with E-state index in [9.17, 15) is 4.79 Å². The number of carbonyl (C=O) groups is 1. The standard InChI is InChI=1S/C20H17NO2/c22-20(16-10-9-14-5-1-2-6-15(14)13-16)21-18-11-12-23-19-8-4-3-7-17(18)19/h1-10,13,18H,11-12H2,(H,21,22)/t18-/m0/s1. The van der Waals surface area contributed by atoms with Gasteiger partial charge in [0.1, 0.15) is 5.75 Å². The summed E-state index contributed by atoms with van der Waals surface area (Å²) >= 11 is 0. The Bertz CT molecular complexity index is 872. The van der Waals surface area contributed by atoms with Gasteiger partial charge in [-0.05, 0) is 29.0 Å². The highest BCUT2D eigenvalue weighted by atomic mass is 16.5. The predicted octanol–water partition coefficient (Wildman–Crippen LogP) is 4.09. The van der Waals surface area contributed by atoms with Crippen molar-refractivity contribution >= 4 is 16.7 Å². The first-order chi connectivity index (χ1) is 11.3. The summed E-state index contributed by atoms with van der Waals surface area (Å²) in [4.78, 5) is 12.6. The number of para-hydroxylation sites is 1. The van der Waals surface area contributed by atoms with E-state index < -0.39 is 0 Å². The minimum atomic E-state index is -0.0440. The Hall–Kier alpha value is -2.81. The number of hydrogen-bond acceptors (Lipinski definition) is 2. The lowest BCUT2D eigenvalue weighted by Crippen LogP contribution is -2.32. The summed E-state index contributed by atoms with van der Waals surface area (Å²) in [7, 11) is 0. The number of carbonyl (C=O) groups excluding carboxylic acids is 1. The second kappa shape index (κ2) is 5.76. The summed E-state index contributed by atoms with van der Waals surface area (Å²) in [6, 6.07) is 21.7. The Morgan fingerprint density at radius 3 is 2.65 bits per heavy atom. The van der Waals surface area contributed by atoms with Crippen LogP contribution in [0.2, 0.25) is 0 Å². The van der Waals surface area contributed by atoms with Crippen LogP contribution in [0.25, 0.3) is 10.8 Å². The summed E-state index contributed by atoms with van der Waals surface area (Å²) < 4.78 is 5.65. The van der Waals surface area contributed by atoms with E-state index in [0.717, 1.165) is 28.5 Å². The number of nitrogens with one attached hydrogen (secondary N) is 1. The van der Waals surface area contributed by atoms with Crippen molar-refractivity contribution in [2.24, 2.45) is 0 Å². The fourth-order valence-electron chi connectivity index (χ4n) is 3.06. The fourth-order valence-corrected chi connectivity index (χ4v) is 3.06. The van der Waals surface area contributed by atoms with Crippen LogP contribution in [0.4, 0.5) is 0 Å². The maximum absolute atomic E-state index is 12.6. The summed E-state index contributed by atoms with van der Waals surface area (Å²) in [5.74, 6) is 0.819. The second-order valence-corrected chi connectivity index (χ2v) is 5.76. The van der Waals surface area contributed by atoms with Gasteiger partial charge in [0.2, 0.25) is 0 Å². The molecule has 0 aromatic heterocycles. The molecule has 0 saturated heterocycles. The number of benzene rings is 3. The zero-order valence-electron chi connectivity index (χ0n) is 12.7. The van der Waals surface area contributed by atoms with Gasteiger partial charge in [-0.25, -0.2) is 0 Å². The predicted molar refractivity (Wildman–Crippen MR) is 90.7 cm³/mol. The summed E-state index contributed by atoms with van der Waals surface area (Å²) in [6.45, 7) is 0.625. The average molecular weight is 303 g/mol. The van der Waals surface area contributed by atoms with Gasteiger partial charge in [-0.2, -0.15) is 0 Å². The molecule has 0 spiro atoms. The molecule has 0 radical (unpaired) electrons. The van der Waals surface area contributed by atoms with Crippen LogP contribution < -0.4 is 10.1 Å². The molecule has 1 heterocycles. The minimum Gasteiger partial charge on any atom is -0.493 e. The lowest BCUT2D eigenvalue weighted by Gasteiger charge is -2.26. The van der Waals surface area contributed by atoms with Crippen molar-refractivity contribution in [1.82, 2.24) is 5.32 Å². The quantitative estimate of drug-likeness (QED) is 0.774. The lowest BCUT2D eigenvalue weighted by atomic mass is 10.00. The lowest BCUT2D eigenvalue weighted by molar-refractivity contribution is 0.0925. The van der Waals surface area contributed by atoms with E-state index >= 15 is 0 Å². The van der Waals surface area contributed by atoms with Crippen molar-refractivity contribution in [3.05, 3.63) is 77.9 Å². The molecule has 3 aromatic carbocycles. The first kappa shape index (κ1) is 13.8. The number of amides is 1. The van der Waals surface area contributed by atoms with E-state index in [0.29, 0.717) is 12.2 Å². The Labute approximate surface area is 134 Å². The third-order valence-corrected chi connectivity index (χ3v) is 4.28. The maximum atomic E-state index is 12.6. The molecule has 4 rings (SSSR count). The van der Waals surface area contributed by atoms with Crippen LogP contribution in [0.5, 0.6) is 5.75 Å². The van der Waals surface area contributed by atoms with Crippen molar-refractivity contribution < 1.29 is 9.53 Å². The molecule has 0 aliphatic carbocycles. The number of ether oxygens (including phenoxy) is 1. The summed E-state index contributed by atoms with van der Waals surface area (Å²) in [5, 5.41) is 5.35. The molecular formula is C20H17NO2. The van der Waals surface area contributed by atoms with Crippen LogP contribution >= 0.6 is 0 Å². The molecule has 0 unspecified atom stereocenters. The normalized spacial score (nSPS) is 16.4. The first-order valence-corrected chi connectivity index (χ1v) is 7.83. The van der Waals surface area contributed by atoms with Crippen LogP contribution in [-0.4, -0.2) is 12.5 Å². The Morgan fingerprint density at radius 1 is 0.957 bits per heavy atom. The molecule has 3 nitrogen and oxygen atoms in total. The van der Waals surface area contributed by atoms with Gasteiger partial charge in [-0.1, -0.05) is 48.5 Å². The minimum absolute atomic E-state index is 0.001000. The van der Waals surface area contributed by atoms with Crippen LogP contribution in [0.15, 0.2) is 66.7 Å². The average Bonchev–Trinajstić information content (AvgIpc) is 2.61. The van der Waals surface area contributed by atoms with Crippen LogP contribution in [0, 0.1) is 0 Å². The van der Waals surface area contributed by atoms with Gasteiger partial charge in [0.15, 0.2) is 0 Å². The molecule has 1 N–H and O–H groups in total. The van der Waals surface area contributed by atoms with Crippen molar-refractivity contribution in [2.45, 2.75) is 12.5 Å². The third-order valence-electron chi connectivity index (χ3n) is 4.28. The highest BCUT2D eigenvalue weighted by molar-refractivity contribution is 5.98. The molecule has 114 valence electrons. The van der Waals surface area contributed by atoms with Crippen LogP contribution in [-0.2, 0) is 0 Å². The van der Waals surface area contributed by atoms with E-state index in [-0.39, 0.29) is 11.9 Å². The van der Waals surface area contributed by atoms with E-state index in [2.05, 4.69) is 5.32 Å². The Morgan fingerprint density at radius 2 is 1.74 bits per heavy atom. The van der Waals surface area contributed by atoms with Crippen molar-refractivity contribution in [1.29, 1.82) is 0 Å². The van der Waals surface area contributed by atoms with E-state index in [1.165, 1.54) is 0 Å². The van der Waals surface area contributed by atoms with E-state index in [1.807, 2.05) is 66.7 Å². The zero-order valence-corrected chi connectivity index (χ0v) is 12.7. The molecule has 1 aliphatic rings. The number of hydrogen-bond donors (Lipinski definition) is 1. The smallest absolute Gasteiger partial charge is 0.251 e. The van der Waals surface area contributed by atoms with Gasteiger partial charge in [-0.3, -0.25) is 4.79 Å². The third kappa shape index (κ3) is 2.66. The van der Waals surface area contributed by atoms with Gasteiger partial charge in [-0.15, -0.1) is 0 Å². The number of rotatable bonds is 2. The highest BCUT2D eigenvalue weighted by Gasteiger charge is 2.23. The zero-order chi connectivity index (χ0) is 15.6. The van der Waals surface area contributed by atoms with Crippen LogP contribution in [0.1, 0.15) is 28.4 Å². The molecule has 0 fully saturated rings. The molecule has 3 heteroatoms. The van der Waals surface area contributed by atoms with Crippen LogP contribution in [0.3, 0.4) is 0 Å². The first-order valence-electron chi connectivity index (χ1n) is 7.83. The molecule has 1 atom stereocenters. The second-order valence-electron chi connectivity index (χ2n) is 5.76. The number of fused-ring (bicyclic) bond motifs is 2. The maximum Gasteiger partial charge on any atom is 0.251 e. The highest BCUT2D eigenvalue weighted by Crippen LogP contribution is 2.31. The largest absolute Gasteiger partial charge is 0.493 e. The molecule has 23 heavy (non-hydrogen) atoms. The monoisotopic (exact) mass is 303 g/mol. The van der Waals surface area contributed by atoms with E-state index in [1.54, 1.807) is 0 Å². The molecule has 3 aromatic rings. The molecule has 1 amide bonds. The van der Waals surface area contributed by atoms with Gasteiger partial charge in [0.05, 0.1) is 12.6 Å². The molecule has 0 saturated carbocycles. The van der Waals surface area contributed by atoms with Crippen molar-refractivity contribution in [3.63, 3.8) is 0 Å². The van der Waals surface area contributed by atoms with Gasteiger partial charge in [0, 0.05) is 17.5 Å². The topological polar surface area (TPSA) is 38.3 Å². The van der Waals surface area contributed by atoms with E-state index in [4.69, 9.17) is 4.74 Å². The SMILES string of the molecule is O=C(N[C@H]1CCOc2ccccc21)c1ccc2ccccc2c1. The fraction of sp³-hybridized carbons (Fsp3) is 0.150. The molecule has 1 aliphatic heterocycles. The summed E-state index contributed by atoms with van der Waals surface area (Å²) in [6.07, 6.45) is 0.788. The van der Waals surface area contributed by atoms with Gasteiger partial charge in [0.25, 0.3) is 5.91 Å². The Kier molecular flexibility index (Phi) is 3.46. The molecular weight excluding hydrogens is 286 g/mol.